The van der Waals surface area contributed by atoms with Crippen molar-refractivity contribution in [2.24, 2.45) is 0 Å². The SMILES string of the molecule is COC(=O)c1nnn(-c2ccc([N+](=O)[O-])cc2)c1C(=O)OC. The first kappa shape index (κ1) is 15.1. The summed E-state index contributed by atoms with van der Waals surface area (Å²) in [6, 6.07) is 5.19. The number of non-ortho nitro benzene ring substituents is 1. The van der Waals surface area contributed by atoms with Gasteiger partial charge in [0, 0.05) is 12.1 Å². The number of carbonyl (C=O) groups excluding carboxylic acids is 2. The number of nitro groups is 1. The zero-order chi connectivity index (χ0) is 16.3. The highest BCUT2D eigenvalue weighted by atomic mass is 16.6. The molecule has 114 valence electrons. The van der Waals surface area contributed by atoms with Crippen LogP contribution in [-0.2, 0) is 9.47 Å². The molecule has 2 rings (SSSR count). The lowest BCUT2D eigenvalue weighted by atomic mass is 10.2. The number of nitrogens with zero attached hydrogens (tertiary/aromatic N) is 4. The Labute approximate surface area is 123 Å². The van der Waals surface area contributed by atoms with Crippen molar-refractivity contribution in [2.75, 3.05) is 14.2 Å². The molecule has 0 aliphatic rings. The second-order valence-corrected chi connectivity index (χ2v) is 3.96. The summed E-state index contributed by atoms with van der Waals surface area (Å²) >= 11 is 0. The summed E-state index contributed by atoms with van der Waals surface area (Å²) in [5, 5.41) is 17.9. The molecule has 0 bridgehead atoms. The van der Waals surface area contributed by atoms with Gasteiger partial charge in [-0.25, -0.2) is 14.3 Å². The molecule has 0 aliphatic carbocycles. The van der Waals surface area contributed by atoms with E-state index in [0.717, 1.165) is 18.9 Å². The third-order valence-corrected chi connectivity index (χ3v) is 2.73. The fourth-order valence-corrected chi connectivity index (χ4v) is 1.69. The zero-order valence-corrected chi connectivity index (χ0v) is 11.5. The first-order valence-electron chi connectivity index (χ1n) is 5.86. The van der Waals surface area contributed by atoms with Crippen LogP contribution in [0.5, 0.6) is 0 Å². The van der Waals surface area contributed by atoms with Gasteiger partial charge >= 0.3 is 11.9 Å². The van der Waals surface area contributed by atoms with Crippen LogP contribution in [0, 0.1) is 10.1 Å². The van der Waals surface area contributed by atoms with Crippen molar-refractivity contribution in [3.8, 4) is 5.69 Å². The number of hydrogen-bond acceptors (Lipinski definition) is 8. The van der Waals surface area contributed by atoms with E-state index in [0.29, 0.717) is 5.69 Å². The number of rotatable bonds is 4. The lowest BCUT2D eigenvalue weighted by molar-refractivity contribution is -0.384. The molecule has 22 heavy (non-hydrogen) atoms. The first-order chi connectivity index (χ1) is 10.5. The van der Waals surface area contributed by atoms with Crippen LogP contribution in [0.3, 0.4) is 0 Å². The second-order valence-electron chi connectivity index (χ2n) is 3.96. The van der Waals surface area contributed by atoms with Crippen molar-refractivity contribution in [2.45, 2.75) is 0 Å². The standard InChI is InChI=1S/C12H10N4O6/c1-21-11(17)9-10(12(18)22-2)15(14-13-9)7-3-5-8(6-4-7)16(19)20/h3-6H,1-2H3. The van der Waals surface area contributed by atoms with E-state index in [-0.39, 0.29) is 17.1 Å². The molecular formula is C12H10N4O6. The molecule has 0 atom stereocenters. The molecular weight excluding hydrogens is 296 g/mol. The maximum Gasteiger partial charge on any atom is 0.361 e. The van der Waals surface area contributed by atoms with Gasteiger partial charge in [0.1, 0.15) is 0 Å². The fourth-order valence-electron chi connectivity index (χ4n) is 1.69. The monoisotopic (exact) mass is 306 g/mol. The van der Waals surface area contributed by atoms with Crippen LogP contribution in [0.15, 0.2) is 24.3 Å². The fraction of sp³-hybridized carbons (Fsp3) is 0.167. The third kappa shape index (κ3) is 2.61. The Kier molecular flexibility index (Phi) is 4.11. The number of nitro benzene ring substituents is 1. The molecule has 0 fully saturated rings. The quantitative estimate of drug-likeness (QED) is 0.460. The summed E-state index contributed by atoms with van der Waals surface area (Å²) in [4.78, 5) is 33.5. The van der Waals surface area contributed by atoms with Gasteiger partial charge in [-0.3, -0.25) is 10.1 Å². The van der Waals surface area contributed by atoms with E-state index in [1.165, 1.54) is 24.3 Å². The molecule has 0 spiro atoms. The molecule has 1 aromatic heterocycles. The Morgan fingerprint density at radius 1 is 1.14 bits per heavy atom. The third-order valence-electron chi connectivity index (χ3n) is 2.73. The molecule has 1 heterocycles. The van der Waals surface area contributed by atoms with Gasteiger partial charge in [0.2, 0.25) is 5.69 Å². The molecule has 0 unspecified atom stereocenters. The lowest BCUT2D eigenvalue weighted by Crippen LogP contribution is -2.15. The summed E-state index contributed by atoms with van der Waals surface area (Å²) in [5.74, 6) is -1.70. The van der Waals surface area contributed by atoms with Gasteiger partial charge in [-0.15, -0.1) is 5.10 Å². The maximum atomic E-state index is 11.8. The number of esters is 2. The molecule has 10 nitrogen and oxygen atoms in total. The van der Waals surface area contributed by atoms with Gasteiger partial charge in [0.25, 0.3) is 5.69 Å². The summed E-state index contributed by atoms with van der Waals surface area (Å²) in [5.41, 5.74) is -0.374. The van der Waals surface area contributed by atoms with Gasteiger partial charge < -0.3 is 9.47 Å². The Morgan fingerprint density at radius 3 is 2.23 bits per heavy atom. The van der Waals surface area contributed by atoms with Crippen LogP contribution in [0.4, 0.5) is 5.69 Å². The Morgan fingerprint density at radius 2 is 1.73 bits per heavy atom. The van der Waals surface area contributed by atoms with E-state index >= 15 is 0 Å². The van der Waals surface area contributed by atoms with Crippen LogP contribution in [-0.4, -0.2) is 46.1 Å². The molecule has 10 heteroatoms. The minimum atomic E-state index is -0.853. The maximum absolute atomic E-state index is 11.8. The van der Waals surface area contributed by atoms with Crippen LogP contribution >= 0.6 is 0 Å². The van der Waals surface area contributed by atoms with Crippen LogP contribution in [0.2, 0.25) is 0 Å². The van der Waals surface area contributed by atoms with Crippen molar-refractivity contribution in [3.05, 3.63) is 45.8 Å². The van der Waals surface area contributed by atoms with E-state index < -0.39 is 16.9 Å². The number of carbonyl (C=O) groups is 2. The Bertz CT molecular complexity index is 737. The van der Waals surface area contributed by atoms with E-state index in [9.17, 15) is 19.7 Å². The minimum Gasteiger partial charge on any atom is -0.464 e. The molecule has 0 aliphatic heterocycles. The number of ether oxygens (including phenoxy) is 2. The van der Waals surface area contributed by atoms with Crippen LogP contribution < -0.4 is 0 Å². The number of hydrogen-bond donors (Lipinski definition) is 0. The number of methoxy groups -OCH3 is 2. The van der Waals surface area contributed by atoms with Gasteiger partial charge in [-0.05, 0) is 12.1 Å². The van der Waals surface area contributed by atoms with E-state index in [2.05, 4.69) is 19.8 Å². The highest BCUT2D eigenvalue weighted by Gasteiger charge is 2.27. The molecule has 0 saturated carbocycles. The van der Waals surface area contributed by atoms with Crippen molar-refractivity contribution >= 4 is 17.6 Å². The minimum absolute atomic E-state index is 0.128. The van der Waals surface area contributed by atoms with Crippen molar-refractivity contribution in [3.63, 3.8) is 0 Å². The molecule has 1 aromatic carbocycles. The lowest BCUT2D eigenvalue weighted by Gasteiger charge is -2.05. The average molecular weight is 306 g/mol. The highest BCUT2D eigenvalue weighted by Crippen LogP contribution is 2.18. The van der Waals surface area contributed by atoms with E-state index in [1.807, 2.05) is 0 Å². The zero-order valence-electron chi connectivity index (χ0n) is 11.5. The van der Waals surface area contributed by atoms with Crippen molar-refractivity contribution < 1.29 is 24.0 Å². The van der Waals surface area contributed by atoms with Gasteiger partial charge in [0.15, 0.2) is 5.69 Å². The average Bonchev–Trinajstić information content (AvgIpc) is 2.98. The largest absolute Gasteiger partial charge is 0.464 e. The summed E-state index contributed by atoms with van der Waals surface area (Å²) in [6.07, 6.45) is 0. The van der Waals surface area contributed by atoms with Crippen LogP contribution in [0.1, 0.15) is 21.0 Å². The molecule has 0 radical (unpaired) electrons. The highest BCUT2D eigenvalue weighted by molar-refractivity contribution is 6.00. The Hall–Kier alpha value is -3.30. The van der Waals surface area contributed by atoms with Crippen molar-refractivity contribution in [1.82, 2.24) is 15.0 Å². The van der Waals surface area contributed by atoms with Gasteiger partial charge in [-0.2, -0.15) is 0 Å². The Balaban J connectivity index is 2.55. The number of aromatic nitrogens is 3. The topological polar surface area (TPSA) is 126 Å². The predicted molar refractivity (Wildman–Crippen MR) is 70.7 cm³/mol. The normalized spacial score (nSPS) is 10.1. The van der Waals surface area contributed by atoms with E-state index in [4.69, 9.17) is 0 Å². The first-order valence-corrected chi connectivity index (χ1v) is 5.86. The molecule has 0 N–H and O–H groups in total. The van der Waals surface area contributed by atoms with Gasteiger partial charge in [0.05, 0.1) is 24.8 Å². The smallest absolute Gasteiger partial charge is 0.361 e. The molecule has 0 amide bonds. The second kappa shape index (κ2) is 5.99. The van der Waals surface area contributed by atoms with Gasteiger partial charge in [-0.1, -0.05) is 5.21 Å². The summed E-state index contributed by atoms with van der Waals surface area (Å²) < 4.78 is 10.2. The van der Waals surface area contributed by atoms with E-state index in [1.54, 1.807) is 0 Å². The predicted octanol–water partition coefficient (Wildman–Crippen LogP) is 0.749. The summed E-state index contributed by atoms with van der Waals surface area (Å²) in [6.45, 7) is 0. The molecule has 0 saturated heterocycles. The summed E-state index contributed by atoms with van der Waals surface area (Å²) in [7, 11) is 2.27. The van der Waals surface area contributed by atoms with Crippen molar-refractivity contribution in [1.29, 1.82) is 0 Å². The van der Waals surface area contributed by atoms with Crippen LogP contribution in [0.25, 0.3) is 5.69 Å². The number of benzene rings is 1. The molecule has 2 aromatic rings.